The second kappa shape index (κ2) is 7.70. The summed E-state index contributed by atoms with van der Waals surface area (Å²) in [4.78, 5) is 28.4. The highest BCUT2D eigenvalue weighted by atomic mass is 16.5. The molecule has 0 saturated carbocycles. The van der Waals surface area contributed by atoms with E-state index in [9.17, 15) is 9.59 Å². The van der Waals surface area contributed by atoms with Crippen LogP contribution in [0, 0.1) is 0 Å². The van der Waals surface area contributed by atoms with Gasteiger partial charge in [0.25, 0.3) is 5.91 Å². The van der Waals surface area contributed by atoms with Crippen LogP contribution in [0.15, 0.2) is 42.5 Å². The molecule has 0 unspecified atom stereocenters. The summed E-state index contributed by atoms with van der Waals surface area (Å²) in [6, 6.07) is 12.3. The number of benzene rings is 2. The Morgan fingerprint density at radius 2 is 1.44 bits per heavy atom. The van der Waals surface area contributed by atoms with E-state index >= 15 is 0 Å². The highest BCUT2D eigenvalue weighted by Gasteiger charge is 2.22. The molecule has 0 aromatic heterocycles. The van der Waals surface area contributed by atoms with Gasteiger partial charge in [-0.1, -0.05) is 0 Å². The number of nitrogens with zero attached hydrogens (tertiary/aromatic N) is 2. The maximum atomic E-state index is 12.9. The SMILES string of the molecule is COC(=O)c1cc(OC)ccc1C(=O)N(C)c1ccc(N(C)C)cc1. The third kappa shape index (κ3) is 3.91. The van der Waals surface area contributed by atoms with Crippen molar-refractivity contribution in [1.29, 1.82) is 0 Å². The van der Waals surface area contributed by atoms with Gasteiger partial charge in [-0.2, -0.15) is 0 Å². The van der Waals surface area contributed by atoms with Crippen molar-refractivity contribution in [2.75, 3.05) is 45.2 Å². The Labute approximate surface area is 147 Å². The molecule has 0 radical (unpaired) electrons. The zero-order valence-corrected chi connectivity index (χ0v) is 15.1. The minimum atomic E-state index is -0.585. The Morgan fingerprint density at radius 3 is 1.96 bits per heavy atom. The van der Waals surface area contributed by atoms with Crippen molar-refractivity contribution in [1.82, 2.24) is 0 Å². The van der Waals surface area contributed by atoms with Gasteiger partial charge >= 0.3 is 5.97 Å². The van der Waals surface area contributed by atoms with Gasteiger partial charge in [0.15, 0.2) is 0 Å². The highest BCUT2D eigenvalue weighted by Crippen LogP contribution is 2.24. The molecule has 0 aliphatic rings. The van der Waals surface area contributed by atoms with Gasteiger partial charge < -0.3 is 19.3 Å². The van der Waals surface area contributed by atoms with Crippen LogP contribution < -0.4 is 14.5 Å². The number of esters is 1. The number of methoxy groups -OCH3 is 2. The van der Waals surface area contributed by atoms with Gasteiger partial charge in [-0.05, 0) is 42.5 Å². The van der Waals surface area contributed by atoms with Crippen LogP contribution in [0.3, 0.4) is 0 Å². The molecule has 2 aromatic rings. The van der Waals surface area contributed by atoms with Gasteiger partial charge in [-0.15, -0.1) is 0 Å². The molecule has 0 aliphatic heterocycles. The Bertz CT molecular complexity index is 769. The van der Waals surface area contributed by atoms with Gasteiger partial charge in [0.1, 0.15) is 5.75 Å². The average molecular weight is 342 g/mol. The average Bonchev–Trinajstić information content (AvgIpc) is 2.65. The Hall–Kier alpha value is -3.02. The zero-order chi connectivity index (χ0) is 18.6. The van der Waals surface area contributed by atoms with E-state index in [0.29, 0.717) is 5.75 Å². The first kappa shape index (κ1) is 18.3. The first-order valence-electron chi connectivity index (χ1n) is 7.70. The molecule has 6 nitrogen and oxygen atoms in total. The third-order valence-electron chi connectivity index (χ3n) is 3.92. The maximum Gasteiger partial charge on any atom is 0.338 e. The molecule has 2 rings (SSSR count). The van der Waals surface area contributed by atoms with Crippen LogP contribution in [0.4, 0.5) is 11.4 Å². The lowest BCUT2D eigenvalue weighted by molar-refractivity contribution is 0.0596. The Morgan fingerprint density at radius 1 is 0.840 bits per heavy atom. The summed E-state index contributed by atoms with van der Waals surface area (Å²) in [5, 5.41) is 0. The summed E-state index contributed by atoms with van der Waals surface area (Å²) in [5.41, 5.74) is 2.18. The topological polar surface area (TPSA) is 59.1 Å². The second-order valence-electron chi connectivity index (χ2n) is 5.68. The fraction of sp³-hybridized carbons (Fsp3) is 0.263. The summed E-state index contributed by atoms with van der Waals surface area (Å²) >= 11 is 0. The summed E-state index contributed by atoms with van der Waals surface area (Å²) in [6.45, 7) is 0. The van der Waals surface area contributed by atoms with Gasteiger partial charge in [-0.3, -0.25) is 4.79 Å². The Kier molecular flexibility index (Phi) is 5.64. The molecule has 0 heterocycles. The fourth-order valence-corrected chi connectivity index (χ4v) is 2.39. The van der Waals surface area contributed by atoms with Gasteiger partial charge in [0.05, 0.1) is 25.3 Å². The van der Waals surface area contributed by atoms with Crippen molar-refractivity contribution in [3.63, 3.8) is 0 Å². The van der Waals surface area contributed by atoms with Crippen LogP contribution in [0.2, 0.25) is 0 Å². The van der Waals surface area contributed by atoms with E-state index in [1.165, 1.54) is 25.2 Å². The van der Waals surface area contributed by atoms with Crippen molar-refractivity contribution in [3.8, 4) is 5.75 Å². The predicted molar refractivity (Wildman–Crippen MR) is 97.8 cm³/mol. The van der Waals surface area contributed by atoms with E-state index in [1.807, 2.05) is 43.3 Å². The number of carbonyl (C=O) groups is 2. The lowest BCUT2D eigenvalue weighted by Gasteiger charge is -2.20. The third-order valence-corrected chi connectivity index (χ3v) is 3.92. The van der Waals surface area contributed by atoms with E-state index in [-0.39, 0.29) is 17.0 Å². The number of rotatable bonds is 5. The first-order valence-corrected chi connectivity index (χ1v) is 7.70. The van der Waals surface area contributed by atoms with Crippen LogP contribution in [0.25, 0.3) is 0 Å². The molecule has 0 N–H and O–H groups in total. The minimum absolute atomic E-state index is 0.170. The van der Waals surface area contributed by atoms with Crippen LogP contribution >= 0.6 is 0 Å². The van der Waals surface area contributed by atoms with E-state index in [2.05, 4.69) is 0 Å². The summed E-state index contributed by atoms with van der Waals surface area (Å²) in [6.07, 6.45) is 0. The van der Waals surface area contributed by atoms with Crippen molar-refractivity contribution in [3.05, 3.63) is 53.6 Å². The molecule has 0 aliphatic carbocycles. The van der Waals surface area contributed by atoms with Crippen LogP contribution in [-0.2, 0) is 4.74 Å². The quantitative estimate of drug-likeness (QED) is 0.782. The molecular weight excluding hydrogens is 320 g/mol. The lowest BCUT2D eigenvalue weighted by atomic mass is 10.1. The summed E-state index contributed by atoms with van der Waals surface area (Å²) in [7, 11) is 8.34. The number of amides is 1. The van der Waals surface area contributed by atoms with Crippen molar-refractivity contribution < 1.29 is 19.1 Å². The van der Waals surface area contributed by atoms with Crippen LogP contribution in [0.5, 0.6) is 5.75 Å². The van der Waals surface area contributed by atoms with E-state index in [1.54, 1.807) is 19.2 Å². The summed E-state index contributed by atoms with van der Waals surface area (Å²) in [5.74, 6) is -0.408. The number of hydrogen-bond acceptors (Lipinski definition) is 5. The van der Waals surface area contributed by atoms with E-state index < -0.39 is 5.97 Å². The highest BCUT2D eigenvalue weighted by molar-refractivity contribution is 6.12. The van der Waals surface area contributed by atoms with Crippen LogP contribution in [-0.4, -0.2) is 47.2 Å². The molecule has 0 spiro atoms. The molecule has 132 valence electrons. The standard InChI is InChI=1S/C19H22N2O4/c1-20(2)13-6-8-14(9-7-13)21(3)18(22)16-11-10-15(24-4)12-17(16)19(23)25-5/h6-12H,1-5H3. The Balaban J connectivity index is 2.37. The molecule has 0 atom stereocenters. The number of hydrogen-bond donors (Lipinski definition) is 0. The molecule has 1 amide bonds. The molecule has 2 aromatic carbocycles. The van der Waals surface area contributed by atoms with Crippen molar-refractivity contribution >= 4 is 23.3 Å². The zero-order valence-electron chi connectivity index (χ0n) is 15.1. The summed E-state index contributed by atoms with van der Waals surface area (Å²) < 4.78 is 9.91. The molecule has 0 bridgehead atoms. The number of carbonyl (C=O) groups excluding carboxylic acids is 2. The predicted octanol–water partition coefficient (Wildman–Crippen LogP) is 2.82. The molecule has 0 saturated heterocycles. The molecule has 6 heteroatoms. The van der Waals surface area contributed by atoms with Gasteiger partial charge in [0.2, 0.25) is 0 Å². The molecular formula is C19H22N2O4. The fourth-order valence-electron chi connectivity index (χ4n) is 2.39. The monoisotopic (exact) mass is 342 g/mol. The largest absolute Gasteiger partial charge is 0.497 e. The number of anilines is 2. The molecule has 0 fully saturated rings. The van der Waals surface area contributed by atoms with Gasteiger partial charge in [-0.25, -0.2) is 4.79 Å². The number of ether oxygens (including phenoxy) is 2. The van der Waals surface area contributed by atoms with E-state index in [0.717, 1.165) is 11.4 Å². The van der Waals surface area contributed by atoms with Crippen molar-refractivity contribution in [2.45, 2.75) is 0 Å². The lowest BCUT2D eigenvalue weighted by Crippen LogP contribution is -2.28. The second-order valence-corrected chi connectivity index (χ2v) is 5.68. The normalized spacial score (nSPS) is 10.1. The van der Waals surface area contributed by atoms with Crippen molar-refractivity contribution in [2.24, 2.45) is 0 Å². The van der Waals surface area contributed by atoms with E-state index in [4.69, 9.17) is 9.47 Å². The maximum absolute atomic E-state index is 12.9. The first-order chi connectivity index (χ1) is 11.9. The smallest absolute Gasteiger partial charge is 0.338 e. The minimum Gasteiger partial charge on any atom is -0.497 e. The van der Waals surface area contributed by atoms with Crippen LogP contribution in [0.1, 0.15) is 20.7 Å². The molecule has 25 heavy (non-hydrogen) atoms. The van der Waals surface area contributed by atoms with Gasteiger partial charge in [0, 0.05) is 32.5 Å².